The minimum Gasteiger partial charge on any atom is -0.118 e. The summed E-state index contributed by atoms with van der Waals surface area (Å²) in [6.07, 6.45) is 7.70. The maximum atomic E-state index is 6.37. The Labute approximate surface area is 105 Å². The van der Waals surface area contributed by atoms with E-state index in [1.807, 2.05) is 0 Å². The van der Waals surface area contributed by atoms with Crippen molar-refractivity contribution >= 4 is 11.6 Å². The second-order valence-electron chi connectivity index (χ2n) is 4.58. The molecule has 0 radical (unpaired) electrons. The molecule has 0 aliphatic rings. The first-order valence-electron chi connectivity index (χ1n) is 6.44. The summed E-state index contributed by atoms with van der Waals surface area (Å²) >= 11 is 6.37. The van der Waals surface area contributed by atoms with Gasteiger partial charge >= 0.3 is 0 Å². The molecular formula is C15H23Cl. The predicted octanol–water partition coefficient (Wildman–Crippen LogP) is 5.64. The normalized spacial score (nSPS) is 12.7. The van der Waals surface area contributed by atoms with Crippen molar-refractivity contribution in [2.45, 2.75) is 57.7 Å². The van der Waals surface area contributed by atoms with Crippen molar-refractivity contribution in [3.05, 3.63) is 35.4 Å². The lowest BCUT2D eigenvalue weighted by molar-refractivity contribution is 0.601. The van der Waals surface area contributed by atoms with Crippen LogP contribution in [0.25, 0.3) is 0 Å². The van der Waals surface area contributed by atoms with Crippen LogP contribution in [0.3, 0.4) is 0 Å². The number of alkyl halides is 1. The topological polar surface area (TPSA) is 0 Å². The molecule has 1 atom stereocenters. The Morgan fingerprint density at radius 3 is 2.25 bits per heavy atom. The van der Waals surface area contributed by atoms with Crippen molar-refractivity contribution in [3.8, 4) is 0 Å². The fraction of sp³-hybridized carbons (Fsp3) is 0.600. The number of benzene rings is 1. The second-order valence-corrected chi connectivity index (χ2v) is 5.11. The average molecular weight is 239 g/mol. The Morgan fingerprint density at radius 2 is 1.62 bits per heavy atom. The molecule has 1 aromatic rings. The minimum atomic E-state index is 0.197. The number of unbranched alkanes of at least 4 members (excludes halogenated alkanes) is 4. The summed E-state index contributed by atoms with van der Waals surface area (Å²) in [5, 5.41) is 0.197. The van der Waals surface area contributed by atoms with E-state index in [2.05, 4.69) is 38.1 Å². The maximum Gasteiger partial charge on any atom is 0.0585 e. The van der Waals surface area contributed by atoms with Crippen LogP contribution in [-0.4, -0.2) is 0 Å². The summed E-state index contributed by atoms with van der Waals surface area (Å²) in [6.45, 7) is 4.36. The van der Waals surface area contributed by atoms with Gasteiger partial charge in [-0.05, 0) is 18.9 Å². The van der Waals surface area contributed by atoms with E-state index in [0.29, 0.717) is 0 Å². The van der Waals surface area contributed by atoms with Crippen LogP contribution < -0.4 is 0 Å². The highest BCUT2D eigenvalue weighted by Crippen LogP contribution is 2.26. The van der Waals surface area contributed by atoms with E-state index >= 15 is 0 Å². The van der Waals surface area contributed by atoms with E-state index < -0.39 is 0 Å². The van der Waals surface area contributed by atoms with Gasteiger partial charge in [-0.2, -0.15) is 0 Å². The fourth-order valence-corrected chi connectivity index (χ4v) is 2.17. The molecule has 0 amide bonds. The van der Waals surface area contributed by atoms with E-state index in [-0.39, 0.29) is 5.38 Å². The van der Waals surface area contributed by atoms with Crippen molar-refractivity contribution in [1.82, 2.24) is 0 Å². The maximum absolute atomic E-state index is 6.37. The first kappa shape index (κ1) is 13.6. The summed E-state index contributed by atoms with van der Waals surface area (Å²) in [4.78, 5) is 0. The zero-order valence-electron chi connectivity index (χ0n) is 10.5. The molecular weight excluding hydrogens is 216 g/mol. The van der Waals surface area contributed by atoms with Crippen molar-refractivity contribution in [3.63, 3.8) is 0 Å². The van der Waals surface area contributed by atoms with Gasteiger partial charge in [0.05, 0.1) is 5.38 Å². The van der Waals surface area contributed by atoms with Crippen molar-refractivity contribution in [2.24, 2.45) is 0 Å². The summed E-state index contributed by atoms with van der Waals surface area (Å²) in [7, 11) is 0. The van der Waals surface area contributed by atoms with Gasteiger partial charge in [0, 0.05) is 0 Å². The Bertz CT molecular complexity index is 276. The highest BCUT2D eigenvalue weighted by molar-refractivity contribution is 6.20. The van der Waals surface area contributed by atoms with Gasteiger partial charge < -0.3 is 0 Å². The minimum absolute atomic E-state index is 0.197. The molecule has 16 heavy (non-hydrogen) atoms. The molecule has 0 bridgehead atoms. The smallest absolute Gasteiger partial charge is 0.0585 e. The van der Waals surface area contributed by atoms with Gasteiger partial charge in [-0.1, -0.05) is 68.9 Å². The SMILES string of the molecule is CCCCCCCC(Cl)c1ccc(C)cc1. The van der Waals surface area contributed by atoms with E-state index in [1.54, 1.807) is 0 Å². The standard InChI is InChI=1S/C15H23Cl/c1-3-4-5-6-7-8-15(16)14-11-9-13(2)10-12-14/h9-12,15H,3-8H2,1-2H3. The monoisotopic (exact) mass is 238 g/mol. The second kappa shape index (κ2) is 7.73. The Kier molecular flexibility index (Phi) is 6.56. The summed E-state index contributed by atoms with van der Waals surface area (Å²) in [6, 6.07) is 8.58. The van der Waals surface area contributed by atoms with Crippen LogP contribution in [-0.2, 0) is 0 Å². The van der Waals surface area contributed by atoms with Crippen LogP contribution in [0, 0.1) is 6.92 Å². The number of rotatable bonds is 7. The molecule has 1 unspecified atom stereocenters. The van der Waals surface area contributed by atoms with Gasteiger partial charge in [-0.15, -0.1) is 11.6 Å². The Balaban J connectivity index is 2.24. The predicted molar refractivity (Wildman–Crippen MR) is 73.1 cm³/mol. The van der Waals surface area contributed by atoms with Gasteiger partial charge in [-0.3, -0.25) is 0 Å². The van der Waals surface area contributed by atoms with E-state index in [9.17, 15) is 0 Å². The summed E-state index contributed by atoms with van der Waals surface area (Å²) in [5.41, 5.74) is 2.57. The van der Waals surface area contributed by atoms with E-state index in [4.69, 9.17) is 11.6 Å². The first-order valence-corrected chi connectivity index (χ1v) is 6.88. The van der Waals surface area contributed by atoms with Gasteiger partial charge in [0.15, 0.2) is 0 Å². The molecule has 0 N–H and O–H groups in total. The van der Waals surface area contributed by atoms with Crippen LogP contribution in [0.15, 0.2) is 24.3 Å². The molecule has 0 aliphatic carbocycles. The third kappa shape index (κ3) is 5.03. The van der Waals surface area contributed by atoms with Crippen LogP contribution in [0.1, 0.15) is 62.0 Å². The van der Waals surface area contributed by atoms with Crippen molar-refractivity contribution in [1.29, 1.82) is 0 Å². The number of hydrogen-bond donors (Lipinski definition) is 0. The Morgan fingerprint density at radius 1 is 1.00 bits per heavy atom. The third-order valence-electron chi connectivity index (χ3n) is 3.00. The largest absolute Gasteiger partial charge is 0.118 e. The molecule has 90 valence electrons. The van der Waals surface area contributed by atoms with Crippen LogP contribution in [0.2, 0.25) is 0 Å². The van der Waals surface area contributed by atoms with Crippen LogP contribution in [0.4, 0.5) is 0 Å². The van der Waals surface area contributed by atoms with Crippen molar-refractivity contribution < 1.29 is 0 Å². The Hall–Kier alpha value is -0.490. The molecule has 1 rings (SSSR count). The van der Waals surface area contributed by atoms with E-state index in [1.165, 1.54) is 43.2 Å². The first-order chi connectivity index (χ1) is 7.74. The van der Waals surface area contributed by atoms with Crippen LogP contribution in [0.5, 0.6) is 0 Å². The molecule has 0 saturated carbocycles. The lowest BCUT2D eigenvalue weighted by Crippen LogP contribution is -1.91. The molecule has 0 aromatic heterocycles. The third-order valence-corrected chi connectivity index (χ3v) is 3.47. The average Bonchev–Trinajstić information content (AvgIpc) is 2.29. The number of halogens is 1. The van der Waals surface area contributed by atoms with Crippen molar-refractivity contribution in [2.75, 3.05) is 0 Å². The summed E-state index contributed by atoms with van der Waals surface area (Å²) < 4.78 is 0. The highest BCUT2D eigenvalue weighted by atomic mass is 35.5. The molecule has 0 spiro atoms. The van der Waals surface area contributed by atoms with Gasteiger partial charge in [-0.25, -0.2) is 0 Å². The molecule has 0 nitrogen and oxygen atoms in total. The molecule has 0 aliphatic heterocycles. The van der Waals surface area contributed by atoms with Crippen LogP contribution >= 0.6 is 11.6 Å². The zero-order chi connectivity index (χ0) is 11.8. The molecule has 1 heteroatoms. The van der Waals surface area contributed by atoms with E-state index in [0.717, 1.165) is 6.42 Å². The zero-order valence-corrected chi connectivity index (χ0v) is 11.3. The lowest BCUT2D eigenvalue weighted by Gasteiger charge is -2.09. The number of aryl methyl sites for hydroxylation is 1. The number of hydrogen-bond acceptors (Lipinski definition) is 0. The molecule has 0 fully saturated rings. The van der Waals surface area contributed by atoms with Gasteiger partial charge in [0.25, 0.3) is 0 Å². The highest BCUT2D eigenvalue weighted by Gasteiger charge is 2.06. The van der Waals surface area contributed by atoms with Gasteiger partial charge in [0.1, 0.15) is 0 Å². The molecule has 0 saturated heterocycles. The summed E-state index contributed by atoms with van der Waals surface area (Å²) in [5.74, 6) is 0. The molecule has 0 heterocycles. The van der Waals surface area contributed by atoms with Gasteiger partial charge in [0.2, 0.25) is 0 Å². The molecule has 1 aromatic carbocycles. The lowest BCUT2D eigenvalue weighted by atomic mass is 10.0. The quantitative estimate of drug-likeness (QED) is 0.426. The fourth-order valence-electron chi connectivity index (χ4n) is 1.87.